The summed E-state index contributed by atoms with van der Waals surface area (Å²) < 4.78 is 10.0. The second-order valence-electron chi connectivity index (χ2n) is 4.59. The minimum atomic E-state index is -0.914. The molecule has 0 saturated heterocycles. The van der Waals surface area contributed by atoms with Gasteiger partial charge in [0.1, 0.15) is 22.6 Å². The summed E-state index contributed by atoms with van der Waals surface area (Å²) in [7, 11) is 0. The van der Waals surface area contributed by atoms with Gasteiger partial charge in [0.25, 0.3) is 0 Å². The van der Waals surface area contributed by atoms with E-state index in [4.69, 9.17) is 9.15 Å². The lowest BCUT2D eigenvalue weighted by Crippen LogP contribution is -2.09. The van der Waals surface area contributed by atoms with E-state index in [1.807, 2.05) is 0 Å². The summed E-state index contributed by atoms with van der Waals surface area (Å²) in [5.74, 6) is 0.0255. The summed E-state index contributed by atoms with van der Waals surface area (Å²) in [6.07, 6.45) is 0.0157. The van der Waals surface area contributed by atoms with E-state index in [9.17, 15) is 14.7 Å². The third kappa shape index (κ3) is 3.11. The van der Waals surface area contributed by atoms with E-state index in [2.05, 4.69) is 4.99 Å². The van der Waals surface area contributed by atoms with Gasteiger partial charge in [-0.05, 0) is 24.3 Å². The van der Waals surface area contributed by atoms with E-state index in [1.54, 1.807) is 54.6 Å². The van der Waals surface area contributed by atoms with Gasteiger partial charge < -0.3 is 14.3 Å². The van der Waals surface area contributed by atoms with Crippen molar-refractivity contribution in [1.82, 2.24) is 0 Å². The summed E-state index contributed by atoms with van der Waals surface area (Å²) in [4.78, 5) is 27.0. The Morgan fingerprint density at radius 3 is 2.57 bits per heavy atom. The average Bonchev–Trinajstić information content (AvgIpc) is 2.55. The molecule has 1 amide bonds. The fourth-order valence-corrected chi connectivity index (χ4v) is 1.99. The zero-order valence-corrected chi connectivity index (χ0v) is 11.8. The molecule has 0 atom stereocenters. The lowest BCUT2D eigenvalue weighted by atomic mass is 10.1. The third-order valence-corrected chi connectivity index (χ3v) is 3.07. The van der Waals surface area contributed by atoms with Crippen LogP contribution in [0.1, 0.15) is 5.56 Å². The molecule has 114 valence electrons. The van der Waals surface area contributed by atoms with Crippen LogP contribution in [-0.4, -0.2) is 17.4 Å². The quantitative estimate of drug-likeness (QED) is 0.580. The van der Waals surface area contributed by atoms with Crippen molar-refractivity contribution in [2.24, 2.45) is 4.99 Å². The highest BCUT2D eigenvalue weighted by molar-refractivity contribution is 5.96. The van der Waals surface area contributed by atoms with Gasteiger partial charge in [0, 0.05) is 0 Å². The van der Waals surface area contributed by atoms with Gasteiger partial charge in [-0.3, -0.25) is 0 Å². The first-order valence-corrected chi connectivity index (χ1v) is 6.71. The molecule has 3 aromatic rings. The monoisotopic (exact) mass is 309 g/mol. The highest BCUT2D eigenvalue weighted by atomic mass is 16.5. The van der Waals surface area contributed by atoms with E-state index in [0.29, 0.717) is 11.1 Å². The first-order valence-electron chi connectivity index (χ1n) is 6.71. The molecular weight excluding hydrogens is 298 g/mol. The minimum absolute atomic E-state index is 0.214. The molecule has 0 spiro atoms. The van der Waals surface area contributed by atoms with Crippen molar-refractivity contribution >= 4 is 23.3 Å². The Morgan fingerprint density at radius 1 is 1.09 bits per heavy atom. The molecule has 1 aromatic heterocycles. The highest BCUT2D eigenvalue weighted by Crippen LogP contribution is 2.24. The van der Waals surface area contributed by atoms with Crippen molar-refractivity contribution in [3.05, 3.63) is 70.6 Å². The topological polar surface area (TPSA) is 89.1 Å². The van der Waals surface area contributed by atoms with Gasteiger partial charge in [0.15, 0.2) is 0 Å². The Labute approximate surface area is 130 Å². The molecular formula is C17H11NO5. The Morgan fingerprint density at radius 2 is 1.78 bits per heavy atom. The number of fused-ring (bicyclic) bond motifs is 1. The van der Waals surface area contributed by atoms with E-state index >= 15 is 0 Å². The zero-order valence-electron chi connectivity index (χ0n) is 11.8. The molecule has 0 aliphatic rings. The van der Waals surface area contributed by atoms with Crippen LogP contribution < -0.4 is 10.4 Å². The minimum Gasteiger partial charge on any atom is -0.506 e. The summed E-state index contributed by atoms with van der Waals surface area (Å²) in [5, 5.41) is 10.5. The fourth-order valence-electron chi connectivity index (χ4n) is 1.99. The number of para-hydroxylation sites is 2. The van der Waals surface area contributed by atoms with Gasteiger partial charge in [-0.25, -0.2) is 9.59 Å². The number of hydrogen-bond donors (Lipinski definition) is 1. The Bertz CT molecular complexity index is 944. The predicted molar refractivity (Wildman–Crippen MR) is 84.2 cm³/mol. The molecule has 3 rings (SSSR count). The number of aromatic hydroxyl groups is 1. The molecule has 6 heteroatoms. The zero-order chi connectivity index (χ0) is 16.2. The average molecular weight is 309 g/mol. The Balaban J connectivity index is 1.89. The molecule has 0 unspecified atom stereocenters. The van der Waals surface area contributed by atoms with Crippen LogP contribution in [0.25, 0.3) is 11.0 Å². The molecule has 23 heavy (non-hydrogen) atoms. The van der Waals surface area contributed by atoms with Crippen LogP contribution in [0.15, 0.2) is 68.8 Å². The largest absolute Gasteiger partial charge is 0.506 e. The standard InChI is InChI=1S/C17H11NO5/c19-15-12-8-4-5-9-14(12)23-16(20)13(15)10-18-17(21)22-11-6-2-1-3-7-11/h1-10,19H/b18-10+. The maximum Gasteiger partial charge on any atom is 0.439 e. The van der Waals surface area contributed by atoms with Crippen LogP contribution in [-0.2, 0) is 0 Å². The molecule has 1 heterocycles. The number of hydrogen-bond acceptors (Lipinski definition) is 5. The number of aliphatic imine (C=N–C) groups is 1. The van der Waals surface area contributed by atoms with Gasteiger partial charge in [-0.2, -0.15) is 4.99 Å². The predicted octanol–water partition coefficient (Wildman–Crippen LogP) is 3.12. The first kappa shape index (κ1) is 14.5. The fraction of sp³-hybridized carbons (Fsp3) is 0. The van der Waals surface area contributed by atoms with E-state index < -0.39 is 11.7 Å². The summed E-state index contributed by atoms with van der Waals surface area (Å²) in [6.45, 7) is 0. The number of rotatable bonds is 2. The van der Waals surface area contributed by atoms with Crippen LogP contribution in [0.5, 0.6) is 11.5 Å². The number of amides is 1. The molecule has 0 saturated carbocycles. The molecule has 0 fully saturated rings. The smallest absolute Gasteiger partial charge is 0.439 e. The van der Waals surface area contributed by atoms with Crippen LogP contribution in [0.4, 0.5) is 4.79 Å². The van der Waals surface area contributed by atoms with Crippen molar-refractivity contribution < 1.29 is 19.1 Å². The second-order valence-corrected chi connectivity index (χ2v) is 4.59. The van der Waals surface area contributed by atoms with Gasteiger partial charge in [-0.1, -0.05) is 30.3 Å². The van der Waals surface area contributed by atoms with Crippen molar-refractivity contribution in [2.45, 2.75) is 0 Å². The SMILES string of the molecule is O=C(/N=C/c1c(O)c2ccccc2oc1=O)Oc1ccccc1. The number of benzene rings is 2. The Hall–Kier alpha value is -3.41. The van der Waals surface area contributed by atoms with Crippen LogP contribution in [0, 0.1) is 0 Å². The Kier molecular flexibility index (Phi) is 3.88. The van der Waals surface area contributed by atoms with Crippen molar-refractivity contribution in [3.8, 4) is 11.5 Å². The summed E-state index contributed by atoms with van der Waals surface area (Å²) >= 11 is 0. The number of ether oxygens (including phenoxy) is 1. The first-order chi connectivity index (χ1) is 11.1. The molecule has 6 nitrogen and oxygen atoms in total. The van der Waals surface area contributed by atoms with E-state index in [1.165, 1.54) is 0 Å². The molecule has 0 aliphatic carbocycles. The molecule has 2 aromatic carbocycles. The van der Waals surface area contributed by atoms with Crippen molar-refractivity contribution in [2.75, 3.05) is 0 Å². The molecule has 0 aliphatic heterocycles. The number of carbonyl (C=O) groups is 1. The molecule has 1 N–H and O–H groups in total. The second kappa shape index (κ2) is 6.15. The van der Waals surface area contributed by atoms with Gasteiger partial charge >= 0.3 is 11.7 Å². The van der Waals surface area contributed by atoms with E-state index in [-0.39, 0.29) is 16.9 Å². The van der Waals surface area contributed by atoms with Gasteiger partial charge in [0.2, 0.25) is 0 Å². The maximum atomic E-state index is 11.9. The van der Waals surface area contributed by atoms with Crippen LogP contribution >= 0.6 is 0 Å². The van der Waals surface area contributed by atoms with Crippen LogP contribution in [0.2, 0.25) is 0 Å². The molecule has 0 radical (unpaired) electrons. The third-order valence-electron chi connectivity index (χ3n) is 3.07. The van der Waals surface area contributed by atoms with Crippen LogP contribution in [0.3, 0.4) is 0 Å². The number of carbonyl (C=O) groups excluding carboxylic acids is 1. The lowest BCUT2D eigenvalue weighted by Gasteiger charge is -2.02. The van der Waals surface area contributed by atoms with Gasteiger partial charge in [-0.15, -0.1) is 0 Å². The lowest BCUT2D eigenvalue weighted by molar-refractivity contribution is 0.211. The normalized spacial score (nSPS) is 11.0. The maximum absolute atomic E-state index is 11.9. The van der Waals surface area contributed by atoms with Crippen molar-refractivity contribution in [1.29, 1.82) is 0 Å². The number of nitrogens with zero attached hydrogens (tertiary/aromatic N) is 1. The summed E-state index contributed by atoms with van der Waals surface area (Å²) in [6, 6.07) is 14.9. The molecule has 0 bridgehead atoms. The van der Waals surface area contributed by atoms with Gasteiger partial charge in [0.05, 0.1) is 11.6 Å². The highest BCUT2D eigenvalue weighted by Gasteiger charge is 2.12. The van der Waals surface area contributed by atoms with Crippen molar-refractivity contribution in [3.63, 3.8) is 0 Å². The summed E-state index contributed by atoms with van der Waals surface area (Å²) in [5.41, 5.74) is -0.759. The van der Waals surface area contributed by atoms with E-state index in [0.717, 1.165) is 6.21 Å².